The van der Waals surface area contributed by atoms with E-state index < -0.39 is 0 Å². The van der Waals surface area contributed by atoms with Crippen LogP contribution in [0.2, 0.25) is 0 Å². The Labute approximate surface area is 340 Å². The SMILES string of the molecule is CC(N/C(=C(C=O)\C(C=O)=C(/NC(C)c1ccc(-c2ccccc2)cc1)c1cccc2ccccc12)c1cccc2ccccc12)c1ccc(-c2ccccc2)cc1. The highest BCUT2D eigenvalue weighted by molar-refractivity contribution is 6.11. The number of hydrogen-bond acceptors (Lipinski definition) is 4. The zero-order valence-corrected chi connectivity index (χ0v) is 32.6. The standard InChI is InChI=1S/C54H44N2O2/c1-37(39-27-31-43(32-28-39)41-15-5-3-6-16-41)55-53(49-25-13-21-45-19-9-11-23-47(45)49)51(35-57)52(36-58)54(50-26-14-22-46-20-10-12-24-48(46)50)56-38(2)40-29-33-44(34-30-40)42-17-7-4-8-18-42/h3-38,55-56H,1-2H3/b53-51-,54-52-. The molecule has 0 saturated heterocycles. The van der Waals surface area contributed by atoms with E-state index in [0.717, 1.165) is 78.6 Å². The Morgan fingerprint density at radius 2 is 0.707 bits per heavy atom. The van der Waals surface area contributed by atoms with Gasteiger partial charge >= 0.3 is 0 Å². The Kier molecular flexibility index (Phi) is 11.2. The van der Waals surface area contributed by atoms with Crippen molar-refractivity contribution < 1.29 is 9.59 Å². The van der Waals surface area contributed by atoms with E-state index in [-0.39, 0.29) is 23.2 Å². The molecule has 0 aliphatic heterocycles. The third kappa shape index (κ3) is 7.86. The van der Waals surface area contributed by atoms with Gasteiger partial charge < -0.3 is 10.6 Å². The summed E-state index contributed by atoms with van der Waals surface area (Å²) < 4.78 is 0. The molecule has 0 spiro atoms. The molecule has 0 bridgehead atoms. The average Bonchev–Trinajstić information content (AvgIpc) is 3.29. The van der Waals surface area contributed by atoms with E-state index in [1.54, 1.807) is 0 Å². The molecule has 58 heavy (non-hydrogen) atoms. The van der Waals surface area contributed by atoms with Gasteiger partial charge in [-0.2, -0.15) is 0 Å². The highest BCUT2D eigenvalue weighted by Crippen LogP contribution is 2.35. The minimum atomic E-state index is -0.224. The van der Waals surface area contributed by atoms with Crippen LogP contribution >= 0.6 is 0 Å². The minimum Gasteiger partial charge on any atom is -0.377 e. The number of nitrogens with one attached hydrogen (secondary N) is 2. The molecule has 2 N–H and O–H groups in total. The van der Waals surface area contributed by atoms with Gasteiger partial charge in [-0.05, 0) is 68.8 Å². The van der Waals surface area contributed by atoms with Crippen molar-refractivity contribution in [1.82, 2.24) is 10.6 Å². The highest BCUT2D eigenvalue weighted by Gasteiger charge is 2.24. The Balaban J connectivity index is 1.29. The van der Waals surface area contributed by atoms with Gasteiger partial charge in [0.15, 0.2) is 12.6 Å². The molecule has 0 fully saturated rings. The number of aldehydes is 2. The molecule has 2 atom stereocenters. The summed E-state index contributed by atoms with van der Waals surface area (Å²) >= 11 is 0. The topological polar surface area (TPSA) is 58.2 Å². The summed E-state index contributed by atoms with van der Waals surface area (Å²) in [5.74, 6) is 0. The molecule has 0 amide bonds. The lowest BCUT2D eigenvalue weighted by Crippen LogP contribution is -2.23. The van der Waals surface area contributed by atoms with E-state index in [2.05, 4.69) is 134 Å². The van der Waals surface area contributed by atoms with E-state index >= 15 is 0 Å². The molecule has 8 rings (SSSR count). The lowest BCUT2D eigenvalue weighted by atomic mass is 9.91. The molecule has 0 aliphatic rings. The third-order valence-corrected chi connectivity index (χ3v) is 10.9. The largest absolute Gasteiger partial charge is 0.377 e. The lowest BCUT2D eigenvalue weighted by Gasteiger charge is -2.25. The monoisotopic (exact) mass is 752 g/mol. The van der Waals surface area contributed by atoms with E-state index in [1.165, 1.54) is 0 Å². The van der Waals surface area contributed by atoms with Crippen molar-refractivity contribution in [3.8, 4) is 22.3 Å². The molecule has 0 saturated carbocycles. The van der Waals surface area contributed by atoms with Crippen molar-refractivity contribution in [2.24, 2.45) is 0 Å². The summed E-state index contributed by atoms with van der Waals surface area (Å²) in [5, 5.41) is 11.5. The molecule has 0 aliphatic carbocycles. The molecule has 0 aromatic heterocycles. The normalized spacial score (nSPS) is 13.2. The number of hydrogen-bond donors (Lipinski definition) is 2. The van der Waals surface area contributed by atoms with Gasteiger partial charge in [-0.1, -0.05) is 194 Å². The molecular formula is C54H44N2O2. The fourth-order valence-corrected chi connectivity index (χ4v) is 7.79. The van der Waals surface area contributed by atoms with Crippen LogP contribution in [-0.4, -0.2) is 12.6 Å². The van der Waals surface area contributed by atoms with Gasteiger partial charge in [0.2, 0.25) is 0 Å². The summed E-state index contributed by atoms with van der Waals surface area (Å²) in [5.41, 5.74) is 9.95. The van der Waals surface area contributed by atoms with Gasteiger partial charge in [0.05, 0.1) is 22.5 Å². The van der Waals surface area contributed by atoms with Crippen molar-refractivity contribution in [3.05, 3.63) is 228 Å². The van der Waals surface area contributed by atoms with Crippen LogP contribution in [0.1, 0.15) is 48.2 Å². The summed E-state index contributed by atoms with van der Waals surface area (Å²) in [7, 11) is 0. The average molecular weight is 753 g/mol. The first-order chi connectivity index (χ1) is 28.5. The Hall–Kier alpha value is -7.30. The second kappa shape index (κ2) is 17.2. The molecule has 2 unspecified atom stereocenters. The van der Waals surface area contributed by atoms with Crippen LogP contribution in [0.25, 0.3) is 55.2 Å². The first-order valence-electron chi connectivity index (χ1n) is 19.7. The Bertz CT molecular complexity index is 2560. The van der Waals surface area contributed by atoms with Crippen molar-refractivity contribution >= 4 is 45.5 Å². The van der Waals surface area contributed by atoms with Crippen molar-refractivity contribution in [2.45, 2.75) is 25.9 Å². The summed E-state index contributed by atoms with van der Waals surface area (Å²) in [6.45, 7) is 4.17. The van der Waals surface area contributed by atoms with Crippen molar-refractivity contribution in [3.63, 3.8) is 0 Å². The fourth-order valence-electron chi connectivity index (χ4n) is 7.79. The molecule has 0 heterocycles. The Morgan fingerprint density at radius 3 is 1.09 bits per heavy atom. The zero-order chi connectivity index (χ0) is 39.8. The maximum Gasteiger partial charge on any atom is 0.152 e. The van der Waals surface area contributed by atoms with E-state index in [9.17, 15) is 9.59 Å². The van der Waals surface area contributed by atoms with Crippen molar-refractivity contribution in [2.75, 3.05) is 0 Å². The molecule has 282 valence electrons. The summed E-state index contributed by atoms with van der Waals surface area (Å²) in [4.78, 5) is 27.6. The maximum atomic E-state index is 13.8. The van der Waals surface area contributed by atoms with Crippen LogP contribution < -0.4 is 10.6 Å². The highest BCUT2D eigenvalue weighted by atomic mass is 16.1. The van der Waals surface area contributed by atoms with Gasteiger partial charge in [-0.15, -0.1) is 0 Å². The van der Waals surface area contributed by atoms with Crippen molar-refractivity contribution in [1.29, 1.82) is 0 Å². The van der Waals surface area contributed by atoms with Gasteiger partial charge in [-0.25, -0.2) is 0 Å². The van der Waals surface area contributed by atoms with Gasteiger partial charge in [0, 0.05) is 23.2 Å². The van der Waals surface area contributed by atoms with Crippen LogP contribution in [0.5, 0.6) is 0 Å². The molecule has 0 radical (unpaired) electrons. The predicted octanol–water partition coefficient (Wildman–Crippen LogP) is 12.5. The van der Waals surface area contributed by atoms with E-state index in [4.69, 9.17) is 0 Å². The molecule has 8 aromatic carbocycles. The molecule has 8 aromatic rings. The summed E-state index contributed by atoms with van der Waals surface area (Å²) in [6.07, 6.45) is 1.65. The predicted molar refractivity (Wildman–Crippen MR) is 241 cm³/mol. The third-order valence-electron chi connectivity index (χ3n) is 10.9. The number of carbonyl (C=O) groups is 2. The number of rotatable bonds is 13. The molecule has 4 nitrogen and oxygen atoms in total. The smallest absolute Gasteiger partial charge is 0.152 e. The minimum absolute atomic E-state index is 0.224. The quantitative estimate of drug-likeness (QED) is 0.0699. The Morgan fingerprint density at radius 1 is 0.379 bits per heavy atom. The zero-order valence-electron chi connectivity index (χ0n) is 32.6. The van der Waals surface area contributed by atoms with Gasteiger partial charge in [-0.3, -0.25) is 9.59 Å². The lowest BCUT2D eigenvalue weighted by molar-refractivity contribution is -0.107. The van der Waals surface area contributed by atoms with Crippen LogP contribution in [-0.2, 0) is 9.59 Å². The van der Waals surface area contributed by atoms with Gasteiger partial charge in [0.25, 0.3) is 0 Å². The molecule has 4 heteroatoms. The first-order valence-corrected chi connectivity index (χ1v) is 19.7. The van der Waals surface area contributed by atoms with Gasteiger partial charge in [0.1, 0.15) is 0 Å². The number of allylic oxidation sites excluding steroid dienone is 2. The van der Waals surface area contributed by atoms with E-state index in [1.807, 2.05) is 84.9 Å². The number of carbonyl (C=O) groups excluding carboxylic acids is 2. The fraction of sp³-hybridized carbons (Fsp3) is 0.0741. The first kappa shape index (κ1) is 37.6. The number of benzene rings is 8. The maximum absolute atomic E-state index is 13.8. The van der Waals surface area contributed by atoms with Crippen LogP contribution in [0.4, 0.5) is 0 Å². The van der Waals surface area contributed by atoms with Crippen LogP contribution in [0.3, 0.4) is 0 Å². The summed E-state index contributed by atoms with van der Waals surface area (Å²) in [6, 6.07) is 65.5. The second-order valence-electron chi connectivity index (χ2n) is 14.6. The van der Waals surface area contributed by atoms with Crippen LogP contribution in [0, 0.1) is 0 Å². The van der Waals surface area contributed by atoms with E-state index in [0.29, 0.717) is 11.4 Å². The number of fused-ring (bicyclic) bond motifs is 2. The molecular weight excluding hydrogens is 709 g/mol. The van der Waals surface area contributed by atoms with Crippen LogP contribution in [0.15, 0.2) is 205 Å². The second-order valence-corrected chi connectivity index (χ2v) is 14.6.